The molecular formula is C23H22AsN3O2. The van der Waals surface area contributed by atoms with Crippen molar-refractivity contribution in [2.45, 2.75) is 19.6 Å². The number of fused-ring (bicyclic) bond motifs is 2. The molecule has 3 aromatic carbocycles. The van der Waals surface area contributed by atoms with E-state index in [9.17, 15) is 9.90 Å². The fraction of sp³-hybridized carbons (Fsp3) is 0.130. The first-order valence-electron chi connectivity index (χ1n) is 9.41. The second-order valence-corrected chi connectivity index (χ2v) is 9.79. The maximum atomic E-state index is 12.0. The van der Waals surface area contributed by atoms with Gasteiger partial charge >= 0.3 is 176 Å². The van der Waals surface area contributed by atoms with Gasteiger partial charge in [0.15, 0.2) is 0 Å². The first-order chi connectivity index (χ1) is 14.0. The molecule has 0 aliphatic heterocycles. The predicted molar refractivity (Wildman–Crippen MR) is 120 cm³/mol. The van der Waals surface area contributed by atoms with Crippen LogP contribution in [0.1, 0.15) is 12.5 Å². The molecule has 0 aliphatic carbocycles. The van der Waals surface area contributed by atoms with Gasteiger partial charge in [-0.3, -0.25) is 0 Å². The van der Waals surface area contributed by atoms with E-state index in [-0.39, 0.29) is 12.5 Å². The van der Waals surface area contributed by atoms with Crippen LogP contribution in [0.2, 0.25) is 0 Å². The van der Waals surface area contributed by atoms with Crippen molar-refractivity contribution in [1.82, 2.24) is 4.98 Å². The number of aromatic nitrogens is 1. The molecule has 29 heavy (non-hydrogen) atoms. The van der Waals surface area contributed by atoms with Gasteiger partial charge < -0.3 is 0 Å². The number of aliphatic hydroxyl groups excluding tert-OH is 1. The average Bonchev–Trinajstić information content (AvgIpc) is 2.73. The zero-order valence-electron chi connectivity index (χ0n) is 16.0. The van der Waals surface area contributed by atoms with E-state index >= 15 is 0 Å². The van der Waals surface area contributed by atoms with Crippen LogP contribution in [0, 0.1) is 0 Å². The predicted octanol–water partition coefficient (Wildman–Crippen LogP) is 1.55. The third kappa shape index (κ3) is 4.18. The zero-order valence-corrected chi connectivity index (χ0v) is 18.1. The van der Waals surface area contributed by atoms with Crippen molar-refractivity contribution in [2.75, 3.05) is 5.32 Å². The van der Waals surface area contributed by atoms with E-state index in [2.05, 4.69) is 17.4 Å². The summed E-state index contributed by atoms with van der Waals surface area (Å²) >= 11 is -0.760. The Hall–Kier alpha value is -2.72. The number of pyridine rings is 1. The van der Waals surface area contributed by atoms with Gasteiger partial charge in [0, 0.05) is 0 Å². The topological polar surface area (TPSA) is 88.2 Å². The molecule has 0 aliphatic rings. The number of rotatable bonds is 5. The van der Waals surface area contributed by atoms with Gasteiger partial charge in [-0.1, -0.05) is 0 Å². The van der Waals surface area contributed by atoms with Gasteiger partial charge in [0.25, 0.3) is 0 Å². The number of nitrogens with two attached hydrogens (primary N) is 1. The molecular weight excluding hydrogens is 425 g/mol. The van der Waals surface area contributed by atoms with E-state index in [1.807, 2.05) is 48.5 Å². The SMILES string of the molecule is CC(N)C(=O)Nc1cc(CO)cc([AsH]c2c3ccccc3nc3ccccc23)c1. The van der Waals surface area contributed by atoms with E-state index in [1.54, 1.807) is 13.0 Å². The van der Waals surface area contributed by atoms with Gasteiger partial charge in [-0.05, 0) is 0 Å². The Bertz CT molecular complexity index is 1150. The Morgan fingerprint density at radius 1 is 1.07 bits per heavy atom. The van der Waals surface area contributed by atoms with Crippen LogP contribution in [-0.4, -0.2) is 37.8 Å². The Morgan fingerprint density at radius 3 is 2.28 bits per heavy atom. The van der Waals surface area contributed by atoms with E-state index < -0.39 is 21.8 Å². The molecule has 1 aromatic heterocycles. The van der Waals surface area contributed by atoms with Crippen LogP contribution in [-0.2, 0) is 11.4 Å². The monoisotopic (exact) mass is 447 g/mol. The van der Waals surface area contributed by atoms with Gasteiger partial charge in [-0.2, -0.15) is 0 Å². The van der Waals surface area contributed by atoms with Gasteiger partial charge in [0.05, 0.1) is 0 Å². The van der Waals surface area contributed by atoms with Crippen molar-refractivity contribution in [1.29, 1.82) is 0 Å². The molecule has 0 saturated heterocycles. The summed E-state index contributed by atoms with van der Waals surface area (Å²) in [7, 11) is 0. The minimum absolute atomic E-state index is 0.0844. The van der Waals surface area contributed by atoms with Crippen LogP contribution >= 0.6 is 0 Å². The molecule has 5 nitrogen and oxygen atoms in total. The number of anilines is 1. The molecule has 0 saturated carbocycles. The Kier molecular flexibility index (Phi) is 5.63. The van der Waals surface area contributed by atoms with Gasteiger partial charge in [0.1, 0.15) is 0 Å². The van der Waals surface area contributed by atoms with Gasteiger partial charge in [-0.25, -0.2) is 0 Å². The summed E-state index contributed by atoms with van der Waals surface area (Å²) in [6.45, 7) is 1.56. The fourth-order valence-electron chi connectivity index (χ4n) is 3.30. The summed E-state index contributed by atoms with van der Waals surface area (Å²) in [5.41, 5.74) is 9.08. The van der Waals surface area contributed by atoms with Crippen molar-refractivity contribution < 1.29 is 9.90 Å². The van der Waals surface area contributed by atoms with Crippen LogP contribution in [0.5, 0.6) is 0 Å². The number of para-hydroxylation sites is 2. The Morgan fingerprint density at radius 2 is 1.69 bits per heavy atom. The number of benzene rings is 3. The van der Waals surface area contributed by atoms with E-state index in [0.717, 1.165) is 31.7 Å². The number of nitrogens with one attached hydrogen (secondary N) is 1. The quantitative estimate of drug-likeness (QED) is 0.320. The number of amides is 1. The molecule has 6 heteroatoms. The van der Waals surface area contributed by atoms with Crippen molar-refractivity contribution in [2.24, 2.45) is 5.73 Å². The Labute approximate surface area is 175 Å². The summed E-state index contributed by atoms with van der Waals surface area (Å²) in [5, 5.41) is 14.9. The molecule has 0 bridgehead atoms. The summed E-state index contributed by atoms with van der Waals surface area (Å²) < 4.78 is 2.42. The average molecular weight is 447 g/mol. The molecule has 4 N–H and O–H groups in total. The molecule has 0 spiro atoms. The summed E-state index contributed by atoms with van der Waals surface area (Å²) in [5.74, 6) is -0.245. The molecule has 4 aromatic rings. The Balaban J connectivity index is 1.82. The van der Waals surface area contributed by atoms with Gasteiger partial charge in [0.2, 0.25) is 0 Å². The first kappa shape index (κ1) is 19.6. The number of hydrogen-bond donors (Lipinski definition) is 3. The van der Waals surface area contributed by atoms with Crippen LogP contribution < -0.4 is 19.8 Å². The van der Waals surface area contributed by atoms with Crippen LogP contribution in [0.25, 0.3) is 21.8 Å². The van der Waals surface area contributed by atoms with Gasteiger partial charge in [-0.15, -0.1) is 0 Å². The summed E-state index contributed by atoms with van der Waals surface area (Å²) in [6, 6.07) is 21.6. The maximum absolute atomic E-state index is 12.0. The van der Waals surface area contributed by atoms with Crippen LogP contribution in [0.3, 0.4) is 0 Å². The van der Waals surface area contributed by atoms with E-state index in [4.69, 9.17) is 10.7 Å². The van der Waals surface area contributed by atoms with E-state index in [0.29, 0.717) is 5.69 Å². The molecule has 1 amide bonds. The number of carbonyl (C=O) groups excluding carboxylic acids is 1. The number of carbonyl (C=O) groups is 1. The second kappa shape index (κ2) is 8.34. The number of aliphatic hydroxyl groups is 1. The zero-order chi connectivity index (χ0) is 20.4. The number of nitrogens with zero attached hydrogens (tertiary/aromatic N) is 1. The standard InChI is InChI=1S/C23H22AsN3O2/c1-14(25)23(29)26-17-11-15(13-28)10-16(12-17)24-22-18-6-2-4-8-20(18)27-21-9-5-3-7-19(21)22/h2-12,14,24,28H,13,25H2,1H3,(H,26,29). The molecule has 2 atom stereocenters. The van der Waals surface area contributed by atoms with Crippen molar-refractivity contribution >= 4 is 57.9 Å². The summed E-state index contributed by atoms with van der Waals surface area (Å²) in [4.78, 5) is 16.8. The third-order valence-corrected chi connectivity index (χ3v) is 7.58. The van der Waals surface area contributed by atoms with Crippen molar-refractivity contribution in [3.63, 3.8) is 0 Å². The molecule has 0 radical (unpaired) electrons. The molecule has 2 unspecified atom stereocenters. The molecule has 0 fully saturated rings. The molecule has 4 rings (SSSR count). The molecule has 1 heterocycles. The van der Waals surface area contributed by atoms with Crippen molar-refractivity contribution in [3.05, 3.63) is 72.3 Å². The fourth-order valence-corrected chi connectivity index (χ4v) is 6.38. The summed E-state index contributed by atoms with van der Waals surface area (Å²) in [6.07, 6.45) is 0. The van der Waals surface area contributed by atoms with Crippen molar-refractivity contribution in [3.8, 4) is 0 Å². The normalized spacial score (nSPS) is 12.7. The number of hydrogen-bond acceptors (Lipinski definition) is 4. The first-order valence-corrected chi connectivity index (χ1v) is 11.5. The van der Waals surface area contributed by atoms with Crippen LogP contribution in [0.15, 0.2) is 66.7 Å². The third-order valence-electron chi connectivity index (χ3n) is 4.71. The minimum atomic E-state index is -0.760. The van der Waals surface area contributed by atoms with E-state index in [1.165, 1.54) is 4.35 Å². The second-order valence-electron chi connectivity index (χ2n) is 7.00. The molecule has 146 valence electrons. The van der Waals surface area contributed by atoms with Crippen LogP contribution in [0.4, 0.5) is 5.69 Å².